The average Bonchev–Trinajstić information content (AvgIpc) is 2.24. The van der Waals surface area contributed by atoms with E-state index in [0.29, 0.717) is 5.92 Å². The fraction of sp³-hybridized carbons (Fsp3) is 0.571. The summed E-state index contributed by atoms with van der Waals surface area (Å²) < 4.78 is 0. The van der Waals surface area contributed by atoms with E-state index in [1.54, 1.807) is 0 Å². The molecule has 1 aliphatic rings. The van der Waals surface area contributed by atoms with Gasteiger partial charge in [0.15, 0.2) is 0 Å². The minimum absolute atomic E-state index is 0.229. The second-order valence-corrected chi connectivity index (χ2v) is 4.71. The lowest BCUT2D eigenvalue weighted by atomic mass is 9.81. The van der Waals surface area contributed by atoms with Crippen LogP contribution in [0.5, 0.6) is 0 Å². The molecule has 0 spiro atoms. The van der Waals surface area contributed by atoms with Crippen molar-refractivity contribution >= 4 is 0 Å². The van der Waals surface area contributed by atoms with Gasteiger partial charge in [-0.2, -0.15) is 0 Å². The molecule has 2 atom stereocenters. The van der Waals surface area contributed by atoms with Gasteiger partial charge in [-0.05, 0) is 41.9 Å². The van der Waals surface area contributed by atoms with Crippen LogP contribution in [0.25, 0.3) is 0 Å². The van der Waals surface area contributed by atoms with Gasteiger partial charge in [-0.1, -0.05) is 38.5 Å². The average molecular weight is 204 g/mol. The molecule has 1 N–H and O–H groups in total. The largest absolute Gasteiger partial charge is 0.388 e. The summed E-state index contributed by atoms with van der Waals surface area (Å²) in [7, 11) is 0. The Balaban J connectivity index is 2.36. The smallest absolute Gasteiger partial charge is 0.0793 e. The van der Waals surface area contributed by atoms with Gasteiger partial charge >= 0.3 is 0 Å². The molecule has 82 valence electrons. The van der Waals surface area contributed by atoms with Crippen LogP contribution in [0.3, 0.4) is 0 Å². The van der Waals surface area contributed by atoms with Crippen molar-refractivity contribution in [1.82, 2.24) is 0 Å². The monoisotopic (exact) mass is 204 g/mol. The number of aryl methyl sites for hydroxylation is 1. The quantitative estimate of drug-likeness (QED) is 0.780. The zero-order valence-electron chi connectivity index (χ0n) is 9.66. The van der Waals surface area contributed by atoms with Gasteiger partial charge in [0, 0.05) is 0 Å². The van der Waals surface area contributed by atoms with Crippen molar-refractivity contribution in [2.75, 3.05) is 0 Å². The van der Waals surface area contributed by atoms with Crippen molar-refractivity contribution in [1.29, 1.82) is 0 Å². The second kappa shape index (κ2) is 4.36. The van der Waals surface area contributed by atoms with Crippen molar-refractivity contribution < 1.29 is 5.11 Å². The maximum Gasteiger partial charge on any atom is 0.0793 e. The lowest BCUT2D eigenvalue weighted by Gasteiger charge is -2.27. The molecule has 1 heteroatoms. The Labute approximate surface area is 92.1 Å². The first-order valence-corrected chi connectivity index (χ1v) is 6.03. The summed E-state index contributed by atoms with van der Waals surface area (Å²) in [4.78, 5) is 0. The third kappa shape index (κ3) is 2.07. The molecule has 1 aromatic rings. The summed E-state index contributed by atoms with van der Waals surface area (Å²) in [6.45, 7) is 4.45. The molecule has 1 aliphatic carbocycles. The van der Waals surface area contributed by atoms with Crippen LogP contribution < -0.4 is 0 Å². The Bertz CT molecular complexity index is 343. The third-order valence-corrected chi connectivity index (χ3v) is 3.45. The van der Waals surface area contributed by atoms with Gasteiger partial charge < -0.3 is 5.11 Å². The predicted molar refractivity (Wildman–Crippen MR) is 63.0 cm³/mol. The van der Waals surface area contributed by atoms with Gasteiger partial charge in [-0.25, -0.2) is 0 Å². The van der Waals surface area contributed by atoms with E-state index >= 15 is 0 Å². The lowest BCUT2D eigenvalue weighted by Crippen LogP contribution is -2.12. The van der Waals surface area contributed by atoms with E-state index in [2.05, 4.69) is 32.0 Å². The molecule has 1 unspecified atom stereocenters. The number of hydrogen-bond acceptors (Lipinski definition) is 1. The lowest BCUT2D eigenvalue weighted by molar-refractivity contribution is 0.151. The summed E-state index contributed by atoms with van der Waals surface area (Å²) in [6.07, 6.45) is 4.09. The number of hydrogen-bond donors (Lipinski definition) is 1. The molecule has 0 saturated heterocycles. The first kappa shape index (κ1) is 10.7. The second-order valence-electron chi connectivity index (χ2n) is 4.71. The maximum atomic E-state index is 9.97. The van der Waals surface area contributed by atoms with E-state index < -0.39 is 0 Å². The molecular weight excluding hydrogens is 184 g/mol. The fourth-order valence-electron chi connectivity index (χ4n) is 2.52. The Morgan fingerprint density at radius 3 is 2.80 bits per heavy atom. The Hall–Kier alpha value is -0.820. The topological polar surface area (TPSA) is 20.2 Å². The zero-order valence-corrected chi connectivity index (χ0v) is 9.66. The van der Waals surface area contributed by atoms with Crippen LogP contribution in [-0.4, -0.2) is 5.11 Å². The van der Waals surface area contributed by atoms with E-state index in [9.17, 15) is 5.11 Å². The highest BCUT2D eigenvalue weighted by Gasteiger charge is 2.22. The van der Waals surface area contributed by atoms with Gasteiger partial charge in [-0.15, -0.1) is 0 Å². The normalized spacial score (nSPS) is 25.0. The van der Waals surface area contributed by atoms with Crippen molar-refractivity contribution in [2.45, 2.75) is 51.6 Å². The minimum atomic E-state index is -0.229. The molecule has 0 heterocycles. The van der Waals surface area contributed by atoms with E-state index in [0.717, 1.165) is 19.3 Å². The first-order valence-electron chi connectivity index (χ1n) is 6.03. The van der Waals surface area contributed by atoms with Crippen molar-refractivity contribution in [3.8, 4) is 0 Å². The molecule has 0 bridgehead atoms. The summed E-state index contributed by atoms with van der Waals surface area (Å²) in [6, 6.07) is 6.64. The Kier molecular flexibility index (Phi) is 3.11. The standard InChI is InChI=1S/C14H20O/c1-3-4-11-6-7-12-10(2)5-8-14(15)13(12)9-11/h6-7,9-10,14-15H,3-5,8H2,1-2H3/t10?,14-/m0/s1. The molecule has 0 aliphatic heterocycles. The summed E-state index contributed by atoms with van der Waals surface area (Å²) in [5.74, 6) is 0.610. The van der Waals surface area contributed by atoms with E-state index in [1.807, 2.05) is 0 Å². The Morgan fingerprint density at radius 1 is 1.27 bits per heavy atom. The van der Waals surface area contributed by atoms with E-state index in [1.165, 1.54) is 23.1 Å². The fourth-order valence-corrected chi connectivity index (χ4v) is 2.52. The van der Waals surface area contributed by atoms with Gasteiger partial charge in [0.2, 0.25) is 0 Å². The van der Waals surface area contributed by atoms with E-state index in [-0.39, 0.29) is 6.10 Å². The first-order chi connectivity index (χ1) is 7.22. The minimum Gasteiger partial charge on any atom is -0.388 e. The highest BCUT2D eigenvalue weighted by atomic mass is 16.3. The number of rotatable bonds is 2. The molecule has 0 amide bonds. The molecule has 1 aromatic carbocycles. The molecule has 0 radical (unpaired) electrons. The number of aliphatic hydroxyl groups is 1. The molecule has 1 nitrogen and oxygen atoms in total. The zero-order chi connectivity index (χ0) is 10.8. The van der Waals surface area contributed by atoms with Crippen molar-refractivity contribution in [3.05, 3.63) is 34.9 Å². The highest BCUT2D eigenvalue weighted by Crippen LogP contribution is 2.37. The molecule has 0 fully saturated rings. The van der Waals surface area contributed by atoms with Crippen LogP contribution in [-0.2, 0) is 6.42 Å². The van der Waals surface area contributed by atoms with E-state index in [4.69, 9.17) is 0 Å². The number of fused-ring (bicyclic) bond motifs is 1. The van der Waals surface area contributed by atoms with Crippen LogP contribution in [0.4, 0.5) is 0 Å². The highest BCUT2D eigenvalue weighted by molar-refractivity contribution is 5.37. The molecule has 2 rings (SSSR count). The van der Waals surface area contributed by atoms with Crippen molar-refractivity contribution in [2.24, 2.45) is 0 Å². The molecular formula is C14H20O. The molecule has 0 aromatic heterocycles. The van der Waals surface area contributed by atoms with Gasteiger partial charge in [0.1, 0.15) is 0 Å². The van der Waals surface area contributed by atoms with Crippen LogP contribution in [0.15, 0.2) is 18.2 Å². The predicted octanol–water partition coefficient (Wildman–Crippen LogP) is 3.57. The van der Waals surface area contributed by atoms with Gasteiger partial charge in [0.05, 0.1) is 6.10 Å². The number of benzene rings is 1. The summed E-state index contributed by atoms with van der Waals surface area (Å²) in [5.41, 5.74) is 3.90. The third-order valence-electron chi connectivity index (χ3n) is 3.45. The van der Waals surface area contributed by atoms with Crippen molar-refractivity contribution in [3.63, 3.8) is 0 Å². The number of aliphatic hydroxyl groups excluding tert-OH is 1. The Morgan fingerprint density at radius 2 is 2.07 bits per heavy atom. The van der Waals surface area contributed by atoms with Gasteiger partial charge in [-0.3, -0.25) is 0 Å². The van der Waals surface area contributed by atoms with Crippen LogP contribution in [0, 0.1) is 0 Å². The maximum absolute atomic E-state index is 9.97. The van der Waals surface area contributed by atoms with Crippen LogP contribution >= 0.6 is 0 Å². The summed E-state index contributed by atoms with van der Waals surface area (Å²) >= 11 is 0. The van der Waals surface area contributed by atoms with Crippen LogP contribution in [0.2, 0.25) is 0 Å². The molecule has 15 heavy (non-hydrogen) atoms. The SMILES string of the molecule is CCCc1ccc2c(c1)[C@@H](O)CCC2C. The summed E-state index contributed by atoms with van der Waals surface area (Å²) in [5, 5.41) is 9.97. The van der Waals surface area contributed by atoms with Crippen LogP contribution in [0.1, 0.15) is 61.8 Å². The van der Waals surface area contributed by atoms with Gasteiger partial charge in [0.25, 0.3) is 0 Å². The molecule has 0 saturated carbocycles.